The van der Waals surface area contributed by atoms with Gasteiger partial charge < -0.3 is 0 Å². The summed E-state index contributed by atoms with van der Waals surface area (Å²) in [6.45, 7) is 0. The number of rotatable bonds is 2. The summed E-state index contributed by atoms with van der Waals surface area (Å²) < 4.78 is 0. The molecule has 5 heteroatoms. The molecule has 0 bridgehead atoms. The van der Waals surface area contributed by atoms with Crippen molar-refractivity contribution in [2.45, 2.75) is 4.90 Å². The fourth-order valence-electron chi connectivity index (χ4n) is 0.708. The Morgan fingerprint density at radius 2 is 2.09 bits per heavy atom. The van der Waals surface area contributed by atoms with Gasteiger partial charge in [0.15, 0.2) is 0 Å². The lowest BCUT2D eigenvalue weighted by Gasteiger charge is -1.95. The van der Waals surface area contributed by atoms with Gasteiger partial charge in [-0.15, -0.1) is 0 Å². The number of hydrogen-bond acceptors (Lipinski definition) is 4. The first-order valence-corrected chi connectivity index (χ1v) is 3.74. The van der Waals surface area contributed by atoms with Gasteiger partial charge in [0.2, 0.25) is 0 Å². The van der Waals surface area contributed by atoms with E-state index in [0.29, 0.717) is 4.90 Å². The van der Waals surface area contributed by atoms with Crippen LogP contribution in [0.5, 0.6) is 0 Å². The molecule has 0 saturated heterocycles. The van der Waals surface area contributed by atoms with E-state index in [9.17, 15) is 10.1 Å². The molecule has 1 aromatic rings. The average molecular weight is 170 g/mol. The molecular formula is C6H6N2O2S. The first-order valence-electron chi connectivity index (χ1n) is 2.86. The monoisotopic (exact) mass is 170 g/mol. The van der Waals surface area contributed by atoms with E-state index < -0.39 is 4.92 Å². The molecule has 0 aliphatic carbocycles. The number of nitrogens with two attached hydrogens (primary N) is 1. The van der Waals surface area contributed by atoms with Crippen molar-refractivity contribution in [2.24, 2.45) is 5.14 Å². The fraction of sp³-hybridized carbons (Fsp3) is 0. The third kappa shape index (κ3) is 1.69. The van der Waals surface area contributed by atoms with Crippen molar-refractivity contribution in [3.05, 3.63) is 34.4 Å². The summed E-state index contributed by atoms with van der Waals surface area (Å²) in [5.41, 5.74) is 0.0556. The smallest absolute Gasteiger partial charge is 0.273 e. The Kier molecular flexibility index (Phi) is 2.45. The van der Waals surface area contributed by atoms with Crippen molar-refractivity contribution in [3.8, 4) is 0 Å². The van der Waals surface area contributed by atoms with E-state index in [0.717, 1.165) is 11.9 Å². The Labute approximate surface area is 67.7 Å². The minimum Gasteiger partial charge on any atom is -0.273 e. The van der Waals surface area contributed by atoms with E-state index in [-0.39, 0.29) is 5.69 Å². The molecule has 0 spiro atoms. The summed E-state index contributed by atoms with van der Waals surface area (Å²) in [4.78, 5) is 10.4. The van der Waals surface area contributed by atoms with Gasteiger partial charge in [-0.25, -0.2) is 0 Å². The molecule has 4 nitrogen and oxygen atoms in total. The van der Waals surface area contributed by atoms with Gasteiger partial charge >= 0.3 is 0 Å². The number of nitro benzene ring substituents is 1. The Balaban J connectivity index is 3.12. The lowest BCUT2D eigenvalue weighted by atomic mass is 10.3. The van der Waals surface area contributed by atoms with Crippen LogP contribution >= 0.6 is 11.9 Å². The maximum absolute atomic E-state index is 10.3. The van der Waals surface area contributed by atoms with Crippen molar-refractivity contribution >= 4 is 17.6 Å². The van der Waals surface area contributed by atoms with E-state index >= 15 is 0 Å². The van der Waals surface area contributed by atoms with Crippen LogP contribution in [0.4, 0.5) is 5.69 Å². The van der Waals surface area contributed by atoms with Crippen molar-refractivity contribution < 1.29 is 4.92 Å². The second-order valence-electron chi connectivity index (χ2n) is 1.84. The molecule has 0 aliphatic rings. The molecule has 0 amide bonds. The fourth-order valence-corrected chi connectivity index (χ4v) is 1.13. The third-order valence-electron chi connectivity index (χ3n) is 1.19. The zero-order chi connectivity index (χ0) is 8.27. The van der Waals surface area contributed by atoms with E-state index in [1.165, 1.54) is 6.07 Å². The van der Waals surface area contributed by atoms with Gasteiger partial charge in [0.1, 0.15) is 4.90 Å². The molecular weight excluding hydrogens is 164 g/mol. The molecule has 2 N–H and O–H groups in total. The number of nitrogens with zero attached hydrogens (tertiary/aromatic N) is 1. The van der Waals surface area contributed by atoms with Crippen LogP contribution in [-0.2, 0) is 0 Å². The van der Waals surface area contributed by atoms with Crippen LogP contribution in [0, 0.1) is 10.1 Å². The van der Waals surface area contributed by atoms with Gasteiger partial charge in [-0.3, -0.25) is 15.3 Å². The SMILES string of the molecule is NSc1ccccc1[N+](=O)[O-]. The van der Waals surface area contributed by atoms with Crippen molar-refractivity contribution in [3.63, 3.8) is 0 Å². The van der Waals surface area contributed by atoms with Gasteiger partial charge in [-0.1, -0.05) is 12.1 Å². The van der Waals surface area contributed by atoms with Crippen LogP contribution < -0.4 is 5.14 Å². The maximum atomic E-state index is 10.3. The lowest BCUT2D eigenvalue weighted by molar-refractivity contribution is -0.387. The van der Waals surface area contributed by atoms with Gasteiger partial charge in [-0.2, -0.15) is 0 Å². The minimum absolute atomic E-state index is 0.0556. The number of hydrogen-bond donors (Lipinski definition) is 1. The summed E-state index contributed by atoms with van der Waals surface area (Å²) >= 11 is 0.882. The predicted octanol–water partition coefficient (Wildman–Crippen LogP) is 1.56. The van der Waals surface area contributed by atoms with Crippen LogP contribution in [-0.4, -0.2) is 4.92 Å². The summed E-state index contributed by atoms with van der Waals surface area (Å²) in [6.07, 6.45) is 0. The van der Waals surface area contributed by atoms with Crippen LogP contribution in [0.15, 0.2) is 29.2 Å². The first kappa shape index (κ1) is 8.03. The third-order valence-corrected chi connectivity index (χ3v) is 1.79. The summed E-state index contributed by atoms with van der Waals surface area (Å²) in [7, 11) is 0. The van der Waals surface area contributed by atoms with E-state index in [1.54, 1.807) is 18.2 Å². The first-order chi connectivity index (χ1) is 5.25. The topological polar surface area (TPSA) is 69.2 Å². The molecule has 58 valence electrons. The molecule has 0 saturated carbocycles. The number of nitro groups is 1. The number of para-hydroxylation sites is 1. The normalized spacial score (nSPS) is 9.55. The molecule has 1 aromatic carbocycles. The molecule has 0 aromatic heterocycles. The molecule has 1 rings (SSSR count). The zero-order valence-electron chi connectivity index (χ0n) is 5.56. The summed E-state index contributed by atoms with van der Waals surface area (Å²) in [5.74, 6) is 0. The van der Waals surface area contributed by atoms with Gasteiger partial charge in [-0.05, 0) is 18.0 Å². The van der Waals surface area contributed by atoms with Crippen LogP contribution in [0.25, 0.3) is 0 Å². The summed E-state index contributed by atoms with van der Waals surface area (Å²) in [5, 5.41) is 15.5. The molecule has 0 radical (unpaired) electrons. The van der Waals surface area contributed by atoms with Gasteiger partial charge in [0.05, 0.1) is 4.92 Å². The van der Waals surface area contributed by atoms with Gasteiger partial charge in [0, 0.05) is 6.07 Å². The maximum Gasteiger partial charge on any atom is 0.284 e. The van der Waals surface area contributed by atoms with Crippen molar-refractivity contribution in [1.29, 1.82) is 0 Å². The Hall–Kier alpha value is -1.07. The predicted molar refractivity (Wildman–Crippen MR) is 43.1 cm³/mol. The molecule has 0 fully saturated rings. The average Bonchev–Trinajstić information content (AvgIpc) is 2.04. The Morgan fingerprint density at radius 3 is 2.55 bits per heavy atom. The van der Waals surface area contributed by atoms with Crippen LogP contribution in [0.3, 0.4) is 0 Å². The summed E-state index contributed by atoms with van der Waals surface area (Å²) in [6, 6.07) is 6.36. The van der Waals surface area contributed by atoms with Crippen LogP contribution in [0.1, 0.15) is 0 Å². The van der Waals surface area contributed by atoms with Gasteiger partial charge in [0.25, 0.3) is 5.69 Å². The quantitative estimate of drug-likeness (QED) is 0.415. The molecule has 0 unspecified atom stereocenters. The van der Waals surface area contributed by atoms with Crippen molar-refractivity contribution in [1.82, 2.24) is 0 Å². The molecule has 11 heavy (non-hydrogen) atoms. The highest BCUT2D eigenvalue weighted by atomic mass is 32.2. The second kappa shape index (κ2) is 3.36. The highest BCUT2D eigenvalue weighted by molar-refractivity contribution is 7.97. The number of benzene rings is 1. The van der Waals surface area contributed by atoms with Crippen LogP contribution in [0.2, 0.25) is 0 Å². The minimum atomic E-state index is -0.449. The van der Waals surface area contributed by atoms with E-state index in [4.69, 9.17) is 5.14 Å². The Bertz CT molecular complexity index is 277. The van der Waals surface area contributed by atoms with Crippen molar-refractivity contribution in [2.75, 3.05) is 0 Å². The Morgan fingerprint density at radius 1 is 1.45 bits per heavy atom. The van der Waals surface area contributed by atoms with E-state index in [2.05, 4.69) is 0 Å². The molecule has 0 atom stereocenters. The highest BCUT2D eigenvalue weighted by Crippen LogP contribution is 2.24. The standard InChI is InChI=1S/C6H6N2O2S/c7-11-6-4-2-1-3-5(6)8(9)10/h1-4H,7H2. The highest BCUT2D eigenvalue weighted by Gasteiger charge is 2.10. The second-order valence-corrected chi connectivity index (χ2v) is 2.52. The van der Waals surface area contributed by atoms with E-state index in [1.807, 2.05) is 0 Å². The molecule has 0 aliphatic heterocycles. The largest absolute Gasteiger partial charge is 0.284 e. The lowest BCUT2D eigenvalue weighted by Crippen LogP contribution is -1.91. The molecule has 0 heterocycles. The zero-order valence-corrected chi connectivity index (χ0v) is 6.38.